The van der Waals surface area contributed by atoms with Gasteiger partial charge in [0.05, 0.1) is 0 Å². The van der Waals surface area contributed by atoms with Gasteiger partial charge in [-0.05, 0) is 0 Å². The zero-order valence-electron chi connectivity index (χ0n) is 5.94. The Morgan fingerprint density at radius 1 is 0.769 bits per heavy atom. The third-order valence-corrected chi connectivity index (χ3v) is 120. The molecule has 11 heteroatoms. The molecule has 0 nitrogen and oxygen atoms in total. The van der Waals surface area contributed by atoms with E-state index in [2.05, 4.69) is 7.19 Å². The minimum Gasteiger partial charge on any atom is -1.00 e. The van der Waals surface area contributed by atoms with E-state index in [9.17, 15) is 0 Å². The van der Waals surface area contributed by atoms with Gasteiger partial charge in [0.1, 0.15) is 0 Å². The van der Waals surface area contributed by atoms with Crippen LogP contribution >= 0.6 is 0 Å². The minimum absolute atomic E-state index is 0. The summed E-state index contributed by atoms with van der Waals surface area (Å²) in [4.78, 5) is 0. The van der Waals surface area contributed by atoms with Crippen LogP contribution < -0.4 is 24.8 Å². The van der Waals surface area contributed by atoms with Crippen LogP contribution in [0.4, 0.5) is 0 Å². The van der Waals surface area contributed by atoms with Crippen LogP contribution in [-0.4, -0.2) is 105 Å². The third kappa shape index (κ3) is 17.7. The standard InChI is InChI=1S/2CHAs4.2ClH.Zr/c2*1-2-4-5-3-1;;;/h2*2H;2*1H;/q2*-1;;;+4/p-2. The molecule has 0 aromatic carbocycles. The number of hydrogen-bond acceptors (Lipinski definition) is 0. The van der Waals surface area contributed by atoms with Gasteiger partial charge in [-0.2, -0.15) is 0 Å². The molecule has 0 aromatic heterocycles. The summed E-state index contributed by atoms with van der Waals surface area (Å²) in [5.41, 5.74) is 0. The molecule has 0 aromatic rings. The topological polar surface area (TPSA) is 0 Å². The molecular formula is C2H2As8Cl2Zr. The molecule has 13 heavy (non-hydrogen) atoms. The Labute approximate surface area is 152 Å². The van der Waals surface area contributed by atoms with Crippen LogP contribution in [0, 0.1) is 0 Å². The van der Waals surface area contributed by atoms with Crippen LogP contribution in [0.1, 0.15) is 0 Å². The Balaban J connectivity index is -0.000000125. The molecule has 0 amide bonds. The van der Waals surface area contributed by atoms with E-state index in [-0.39, 0.29) is 51.0 Å². The summed E-state index contributed by atoms with van der Waals surface area (Å²) in [6.07, 6.45) is 0. The summed E-state index contributed by atoms with van der Waals surface area (Å²) in [6.45, 7) is 0. The van der Waals surface area contributed by atoms with Crippen molar-refractivity contribution < 1.29 is 51.0 Å². The van der Waals surface area contributed by atoms with E-state index < -0.39 is 0 Å². The smallest absolute Gasteiger partial charge is 1.00 e. The molecule has 2 aliphatic heterocycles. The molecule has 0 radical (unpaired) electrons. The van der Waals surface area contributed by atoms with Gasteiger partial charge in [0.2, 0.25) is 0 Å². The van der Waals surface area contributed by atoms with Gasteiger partial charge in [-0.15, -0.1) is 0 Å². The van der Waals surface area contributed by atoms with Gasteiger partial charge >= 0.3 is 132 Å². The molecule has 0 saturated carbocycles. The van der Waals surface area contributed by atoms with Crippen LogP contribution in [0.25, 0.3) is 0 Å². The van der Waals surface area contributed by atoms with Gasteiger partial charge in [-0.25, -0.2) is 0 Å². The maximum Gasteiger partial charge on any atom is 4.00 e. The summed E-state index contributed by atoms with van der Waals surface area (Å²) >= 11 is 6.70. The molecule has 0 saturated heterocycles. The van der Waals surface area contributed by atoms with Crippen molar-refractivity contribution in [1.29, 1.82) is 0 Å². The van der Waals surface area contributed by atoms with Gasteiger partial charge < -0.3 is 24.8 Å². The summed E-state index contributed by atoms with van der Waals surface area (Å²) in [7, 11) is 0. The first kappa shape index (κ1) is 23.7. The molecule has 0 bridgehead atoms. The van der Waals surface area contributed by atoms with Crippen LogP contribution in [0.5, 0.6) is 0 Å². The van der Waals surface area contributed by atoms with E-state index in [0.717, 1.165) is 70.8 Å². The second-order valence-corrected chi connectivity index (χ2v) is 70.6. The molecule has 2 atom stereocenters. The van der Waals surface area contributed by atoms with E-state index >= 15 is 0 Å². The number of halogens is 2. The van der Waals surface area contributed by atoms with Crippen LogP contribution in [0.2, 0.25) is 0 Å². The zero-order chi connectivity index (χ0) is 7.07. The summed E-state index contributed by atoms with van der Waals surface area (Å²) < 4.78 is 7.05. The fraction of sp³-hybridized carbons (Fsp3) is 0. The van der Waals surface area contributed by atoms with Gasteiger partial charge in [0, 0.05) is 0 Å². The molecule has 2 aliphatic rings. The van der Waals surface area contributed by atoms with Crippen molar-refractivity contribution in [3.05, 3.63) is 0 Å². The van der Waals surface area contributed by atoms with Crippen molar-refractivity contribution in [2.75, 3.05) is 0 Å². The van der Waals surface area contributed by atoms with E-state index in [1.807, 2.05) is 0 Å². The van der Waals surface area contributed by atoms with Crippen LogP contribution in [0.3, 0.4) is 0 Å². The number of rotatable bonds is 0. The van der Waals surface area contributed by atoms with Crippen LogP contribution in [-0.2, 0) is 26.2 Å². The minimum atomic E-state index is 0. The third-order valence-electron chi connectivity index (χ3n) is 0.479. The maximum absolute atomic E-state index is 3.52. The van der Waals surface area contributed by atoms with Crippen molar-refractivity contribution >= 4 is 105 Å². The first-order valence-corrected chi connectivity index (χ1v) is 38.6. The van der Waals surface area contributed by atoms with Crippen LogP contribution in [0.15, 0.2) is 0 Å². The predicted molar refractivity (Wildman–Crippen MR) is 58.8 cm³/mol. The Bertz CT molecular complexity index is 158. The van der Waals surface area contributed by atoms with E-state index in [0.29, 0.717) is 27.4 Å². The summed E-state index contributed by atoms with van der Waals surface area (Å²) in [5.74, 6) is 0. The molecular weight excluding hydrogens is 786 g/mol. The molecule has 2 unspecified atom stereocenters. The molecule has 0 aliphatic carbocycles. The fourth-order valence-corrected chi connectivity index (χ4v) is 163. The molecule has 0 fully saturated rings. The summed E-state index contributed by atoms with van der Waals surface area (Å²) in [6, 6.07) is 0. The van der Waals surface area contributed by atoms with Gasteiger partial charge in [-0.1, -0.05) is 0 Å². The van der Waals surface area contributed by atoms with Crippen molar-refractivity contribution in [1.82, 2.24) is 0 Å². The predicted octanol–water partition coefficient (Wildman–Crippen LogP) is -10.1. The van der Waals surface area contributed by atoms with Gasteiger partial charge in [-0.3, -0.25) is 0 Å². The SMILES string of the molecule is [C-]1=[As][As]=[As][AsH]1.[C-]1=[As][As]=[As][AsH]1.[Cl-].[Cl-].[Zr+4]. The second-order valence-electron chi connectivity index (χ2n) is 1.03. The first-order chi connectivity index (χ1) is 5.00. The Morgan fingerprint density at radius 3 is 1.23 bits per heavy atom. The van der Waals surface area contributed by atoms with Gasteiger partial charge in [0.25, 0.3) is 0 Å². The molecule has 68 valence electrons. The summed E-state index contributed by atoms with van der Waals surface area (Å²) in [5, 5.41) is 0. The molecule has 0 spiro atoms. The van der Waals surface area contributed by atoms with E-state index in [1.165, 1.54) is 0 Å². The molecule has 2 heterocycles. The molecule has 2 rings (SSSR count). The van der Waals surface area contributed by atoms with Crippen molar-refractivity contribution in [2.24, 2.45) is 0 Å². The Kier molecular flexibility index (Phi) is 36.5. The average molecular weight is 788 g/mol. The zero-order valence-corrected chi connectivity index (χ0v) is 25.4. The average Bonchev–Trinajstić information content (AvgIpc) is 2.67. The Morgan fingerprint density at radius 2 is 1.15 bits per heavy atom. The Hall–Kier alpha value is 5.67. The van der Waals surface area contributed by atoms with E-state index in [4.69, 9.17) is 0 Å². The second kappa shape index (κ2) is 20.0. The molecule has 0 N–H and O–H groups in total. The van der Waals surface area contributed by atoms with E-state index in [1.54, 1.807) is 0 Å². The quantitative estimate of drug-likeness (QED) is 0.169. The number of hydrogen-bond donors (Lipinski definition) is 0. The van der Waals surface area contributed by atoms with Crippen molar-refractivity contribution in [3.8, 4) is 0 Å². The normalized spacial score (nSPS) is 24.6. The fourth-order valence-electron chi connectivity index (χ4n) is 0.224. The first-order valence-electron chi connectivity index (χ1n) is 2.19. The van der Waals surface area contributed by atoms with Gasteiger partial charge in [0.15, 0.2) is 0 Å². The van der Waals surface area contributed by atoms with Crippen molar-refractivity contribution in [2.45, 2.75) is 0 Å². The van der Waals surface area contributed by atoms with Crippen molar-refractivity contribution in [3.63, 3.8) is 0 Å². The maximum atomic E-state index is 3.52. The largest absolute Gasteiger partial charge is 4.00 e. The monoisotopic (exact) mass is 785 g/mol.